The molecule has 56 valence electrons. The normalized spacial score (nSPS) is 9.73. The summed E-state index contributed by atoms with van der Waals surface area (Å²) in [6.45, 7) is 0. The van der Waals surface area contributed by atoms with Gasteiger partial charge < -0.3 is 4.74 Å². The fraction of sp³-hybridized carbons (Fsp3) is 0.143. The SMILES string of the molecule is [B]c1ccc(Cl)c(OC)c1F. The van der Waals surface area contributed by atoms with Crippen LogP contribution in [0, 0.1) is 5.82 Å². The van der Waals surface area contributed by atoms with Crippen LogP contribution in [0.5, 0.6) is 5.75 Å². The second kappa shape index (κ2) is 3.14. The third-order valence-corrected chi connectivity index (χ3v) is 1.58. The third-order valence-electron chi connectivity index (χ3n) is 1.28. The first kappa shape index (κ1) is 8.40. The van der Waals surface area contributed by atoms with E-state index in [1.165, 1.54) is 19.2 Å². The molecule has 0 unspecified atom stereocenters. The number of hydrogen-bond acceptors (Lipinski definition) is 1. The largest absolute Gasteiger partial charge is 0.492 e. The van der Waals surface area contributed by atoms with Crippen LogP contribution >= 0.6 is 11.6 Å². The number of halogens is 2. The van der Waals surface area contributed by atoms with Crippen LogP contribution in [0.2, 0.25) is 5.02 Å². The van der Waals surface area contributed by atoms with Gasteiger partial charge in [-0.25, -0.2) is 4.39 Å². The Morgan fingerprint density at radius 2 is 2.18 bits per heavy atom. The van der Waals surface area contributed by atoms with E-state index >= 15 is 0 Å². The van der Waals surface area contributed by atoms with Gasteiger partial charge in [0.05, 0.1) is 12.1 Å². The second-order valence-corrected chi connectivity index (χ2v) is 2.39. The Labute approximate surface area is 70.5 Å². The van der Waals surface area contributed by atoms with E-state index in [2.05, 4.69) is 4.74 Å². The lowest BCUT2D eigenvalue weighted by Gasteiger charge is -2.05. The molecule has 0 atom stereocenters. The maximum absolute atomic E-state index is 12.9. The van der Waals surface area contributed by atoms with Crippen molar-refractivity contribution in [1.29, 1.82) is 0 Å². The topological polar surface area (TPSA) is 9.23 Å². The van der Waals surface area contributed by atoms with Gasteiger partial charge in [0.15, 0.2) is 11.6 Å². The molecule has 0 amide bonds. The Morgan fingerprint density at radius 3 is 2.64 bits per heavy atom. The highest BCUT2D eigenvalue weighted by molar-refractivity contribution is 6.35. The number of methoxy groups -OCH3 is 1. The van der Waals surface area contributed by atoms with Gasteiger partial charge in [0.2, 0.25) is 0 Å². The second-order valence-electron chi connectivity index (χ2n) is 1.98. The summed E-state index contributed by atoms with van der Waals surface area (Å²) in [5.74, 6) is -0.619. The van der Waals surface area contributed by atoms with Crippen LogP contribution in [-0.4, -0.2) is 15.0 Å². The fourth-order valence-corrected chi connectivity index (χ4v) is 0.958. The summed E-state index contributed by atoms with van der Waals surface area (Å²) in [6, 6.07) is 2.87. The maximum Gasteiger partial charge on any atom is 0.172 e. The van der Waals surface area contributed by atoms with Crippen molar-refractivity contribution in [3.63, 3.8) is 0 Å². The predicted octanol–water partition coefficient (Wildman–Crippen LogP) is 1.28. The first-order valence-corrected chi connectivity index (χ1v) is 3.32. The monoisotopic (exact) mass is 170 g/mol. The first-order chi connectivity index (χ1) is 5.16. The van der Waals surface area contributed by atoms with Crippen LogP contribution in [0.25, 0.3) is 0 Å². The number of hydrogen-bond donors (Lipinski definition) is 0. The van der Waals surface area contributed by atoms with Crippen LogP contribution in [0.15, 0.2) is 12.1 Å². The maximum atomic E-state index is 12.9. The van der Waals surface area contributed by atoms with E-state index < -0.39 is 5.82 Å². The highest BCUT2D eigenvalue weighted by atomic mass is 35.5. The molecule has 0 bridgehead atoms. The van der Waals surface area contributed by atoms with E-state index in [0.717, 1.165) is 0 Å². The smallest absolute Gasteiger partial charge is 0.172 e. The van der Waals surface area contributed by atoms with Gasteiger partial charge >= 0.3 is 0 Å². The molecule has 4 heteroatoms. The van der Waals surface area contributed by atoms with E-state index in [9.17, 15) is 4.39 Å². The Hall–Kier alpha value is -0.695. The summed E-state index contributed by atoms with van der Waals surface area (Å²) >= 11 is 5.58. The molecule has 0 saturated heterocycles. The predicted molar refractivity (Wildman–Crippen MR) is 43.4 cm³/mol. The van der Waals surface area contributed by atoms with Crippen molar-refractivity contribution in [2.75, 3.05) is 7.11 Å². The summed E-state index contributed by atoms with van der Waals surface area (Å²) in [5, 5.41) is 0.221. The van der Waals surface area contributed by atoms with Crippen molar-refractivity contribution in [1.82, 2.24) is 0 Å². The van der Waals surface area contributed by atoms with Crippen molar-refractivity contribution in [2.24, 2.45) is 0 Å². The molecule has 0 aliphatic heterocycles. The first-order valence-electron chi connectivity index (χ1n) is 2.94. The Morgan fingerprint density at radius 1 is 1.55 bits per heavy atom. The number of rotatable bonds is 1. The minimum Gasteiger partial charge on any atom is -0.492 e. The lowest BCUT2D eigenvalue weighted by Crippen LogP contribution is -2.09. The summed E-state index contributed by atoms with van der Waals surface area (Å²) in [6.07, 6.45) is 0. The average molecular weight is 170 g/mol. The van der Waals surface area contributed by atoms with E-state index in [1.54, 1.807) is 0 Å². The molecular formula is C7H5BClFO. The standard InChI is InChI=1S/C7H5BClFO/c1-11-7-5(9)3-2-4(8)6(7)10/h2-3H,1H3. The number of benzene rings is 1. The molecular weight excluding hydrogens is 165 g/mol. The van der Waals surface area contributed by atoms with Crippen molar-refractivity contribution in [3.8, 4) is 5.75 Å². The van der Waals surface area contributed by atoms with Gasteiger partial charge in [-0.1, -0.05) is 23.1 Å². The summed E-state index contributed by atoms with van der Waals surface area (Å²) in [7, 11) is 6.59. The minimum absolute atomic E-state index is 0.00772. The molecule has 0 spiro atoms. The molecule has 1 rings (SSSR count). The molecule has 1 nitrogen and oxygen atoms in total. The highest BCUT2D eigenvalue weighted by Crippen LogP contribution is 2.24. The molecule has 0 fully saturated rings. The van der Waals surface area contributed by atoms with E-state index in [4.69, 9.17) is 19.4 Å². The lowest BCUT2D eigenvalue weighted by molar-refractivity contribution is 0.388. The molecule has 0 aliphatic rings. The zero-order chi connectivity index (χ0) is 8.43. The van der Waals surface area contributed by atoms with Gasteiger partial charge in [-0.15, -0.1) is 0 Å². The number of ether oxygens (including phenoxy) is 1. The van der Waals surface area contributed by atoms with Gasteiger partial charge in [-0.05, 0) is 6.07 Å². The Bertz CT molecular complexity index is 277. The van der Waals surface area contributed by atoms with Crippen molar-refractivity contribution in [3.05, 3.63) is 23.0 Å². The molecule has 11 heavy (non-hydrogen) atoms. The quantitative estimate of drug-likeness (QED) is 0.577. The molecule has 1 aromatic carbocycles. The van der Waals surface area contributed by atoms with Crippen LogP contribution in [-0.2, 0) is 0 Å². The zero-order valence-electron chi connectivity index (χ0n) is 5.90. The summed E-state index contributed by atoms with van der Waals surface area (Å²) < 4.78 is 17.6. The van der Waals surface area contributed by atoms with Crippen LogP contribution in [0.1, 0.15) is 0 Å². The Kier molecular flexibility index (Phi) is 2.40. The molecule has 2 radical (unpaired) electrons. The molecule has 1 aromatic rings. The molecule has 0 N–H and O–H groups in total. The molecule has 0 saturated carbocycles. The van der Waals surface area contributed by atoms with Crippen LogP contribution in [0.3, 0.4) is 0 Å². The van der Waals surface area contributed by atoms with Crippen molar-refractivity contribution in [2.45, 2.75) is 0 Å². The fourth-order valence-electron chi connectivity index (χ4n) is 0.735. The van der Waals surface area contributed by atoms with E-state index in [-0.39, 0.29) is 16.2 Å². The molecule has 0 aromatic heterocycles. The lowest BCUT2D eigenvalue weighted by atomic mass is 9.95. The molecule has 0 heterocycles. The van der Waals surface area contributed by atoms with Gasteiger partial charge in [-0.3, -0.25) is 0 Å². The van der Waals surface area contributed by atoms with Crippen molar-refractivity contribution < 1.29 is 9.13 Å². The Balaban J connectivity index is 3.29. The van der Waals surface area contributed by atoms with Crippen LogP contribution < -0.4 is 10.2 Å². The zero-order valence-corrected chi connectivity index (χ0v) is 6.65. The van der Waals surface area contributed by atoms with E-state index in [1.807, 2.05) is 0 Å². The van der Waals surface area contributed by atoms with Crippen molar-refractivity contribution >= 4 is 24.9 Å². The van der Waals surface area contributed by atoms with Gasteiger partial charge in [0.25, 0.3) is 0 Å². The summed E-state index contributed by atoms with van der Waals surface area (Å²) in [4.78, 5) is 0. The highest BCUT2D eigenvalue weighted by Gasteiger charge is 2.08. The third kappa shape index (κ3) is 1.48. The van der Waals surface area contributed by atoms with Gasteiger partial charge in [0, 0.05) is 0 Å². The molecule has 0 aliphatic carbocycles. The summed E-state index contributed by atoms with van der Waals surface area (Å²) in [5.41, 5.74) is 0.0336. The van der Waals surface area contributed by atoms with Gasteiger partial charge in [0.1, 0.15) is 7.85 Å². The van der Waals surface area contributed by atoms with Gasteiger partial charge in [-0.2, -0.15) is 0 Å². The minimum atomic E-state index is -0.611. The average Bonchev–Trinajstić information content (AvgIpc) is 1.99. The van der Waals surface area contributed by atoms with E-state index in [0.29, 0.717) is 0 Å². The van der Waals surface area contributed by atoms with Crippen LogP contribution in [0.4, 0.5) is 4.39 Å².